The van der Waals surface area contributed by atoms with Crippen LogP contribution in [0.3, 0.4) is 0 Å². The second kappa shape index (κ2) is 7.09. The van der Waals surface area contributed by atoms with Gasteiger partial charge in [-0.05, 0) is 71.1 Å². The highest BCUT2D eigenvalue weighted by molar-refractivity contribution is 6.29. The maximum Gasteiger partial charge on any atom is 0.232 e. The molecule has 3 atom stereocenters. The van der Waals surface area contributed by atoms with Crippen LogP contribution in [0.25, 0.3) is 0 Å². The van der Waals surface area contributed by atoms with Crippen LogP contribution in [0.1, 0.15) is 74.1 Å². The Morgan fingerprint density at radius 2 is 1.90 bits per heavy atom. The molecule has 0 aromatic heterocycles. The molecule has 0 radical (unpaired) electrons. The summed E-state index contributed by atoms with van der Waals surface area (Å²) in [5, 5.41) is 30.9. The first-order valence-electron chi connectivity index (χ1n) is 10.6. The van der Waals surface area contributed by atoms with Crippen LogP contribution in [0.4, 0.5) is 0 Å². The molecule has 0 fully saturated rings. The third-order valence-corrected chi connectivity index (χ3v) is 6.57. The lowest BCUT2D eigenvalue weighted by Crippen LogP contribution is -2.49. The fourth-order valence-electron chi connectivity index (χ4n) is 5.01. The average Bonchev–Trinajstić information content (AvgIpc) is 2.64. The van der Waals surface area contributed by atoms with Crippen LogP contribution in [0.15, 0.2) is 46.8 Å². The SMILES string of the molecule is CC(C)=CCC[C@]1(C)OC2=C(C(=O)c3cc(O)cc(O)c3C2=O)C2=C[C@@](C)(O)CC[C@H]21. The smallest absolute Gasteiger partial charge is 0.232 e. The van der Waals surface area contributed by atoms with Crippen molar-refractivity contribution in [3.05, 3.63) is 57.9 Å². The van der Waals surface area contributed by atoms with Gasteiger partial charge in [-0.1, -0.05) is 11.6 Å². The van der Waals surface area contributed by atoms with Crippen molar-refractivity contribution >= 4 is 11.6 Å². The molecule has 0 spiro atoms. The summed E-state index contributed by atoms with van der Waals surface area (Å²) in [5.74, 6) is -2.08. The molecule has 2 aliphatic carbocycles. The fourth-order valence-corrected chi connectivity index (χ4v) is 5.01. The first kappa shape index (κ1) is 21.4. The monoisotopic (exact) mass is 424 g/mol. The van der Waals surface area contributed by atoms with Crippen LogP contribution in [-0.2, 0) is 4.74 Å². The van der Waals surface area contributed by atoms with E-state index in [0.29, 0.717) is 24.8 Å². The van der Waals surface area contributed by atoms with Crippen molar-refractivity contribution in [1.82, 2.24) is 0 Å². The van der Waals surface area contributed by atoms with Gasteiger partial charge in [-0.15, -0.1) is 0 Å². The average molecular weight is 424 g/mol. The topological polar surface area (TPSA) is 104 Å². The summed E-state index contributed by atoms with van der Waals surface area (Å²) in [5.41, 5.74) is -0.127. The predicted molar refractivity (Wildman–Crippen MR) is 115 cm³/mol. The zero-order chi connectivity index (χ0) is 22.7. The maximum atomic E-state index is 13.4. The van der Waals surface area contributed by atoms with Gasteiger partial charge in [0.25, 0.3) is 0 Å². The third kappa shape index (κ3) is 3.49. The maximum absolute atomic E-state index is 13.4. The van der Waals surface area contributed by atoms with Crippen molar-refractivity contribution in [3.63, 3.8) is 0 Å². The number of Topliss-reactive ketones (excluding diaryl/α,β-unsaturated/α-hetero) is 2. The molecule has 164 valence electrons. The standard InChI is InChI=1S/C25H28O6/c1-13(2)6-5-8-25(4)17-7-9-24(3,30)12-16(17)20-21(28)15-10-14(26)11-18(27)19(15)22(29)23(20)31-25/h6,10-12,17,26-27,30H,5,7-9H2,1-4H3/t17-,24+,25+/m1/s1. The molecule has 4 rings (SSSR count). The number of aromatic hydroxyl groups is 2. The number of fused-ring (bicyclic) bond motifs is 3. The van der Waals surface area contributed by atoms with E-state index in [0.717, 1.165) is 12.5 Å². The van der Waals surface area contributed by atoms with Gasteiger partial charge in [-0.25, -0.2) is 0 Å². The highest BCUT2D eigenvalue weighted by Crippen LogP contribution is 2.52. The van der Waals surface area contributed by atoms with Crippen LogP contribution < -0.4 is 0 Å². The summed E-state index contributed by atoms with van der Waals surface area (Å²) in [7, 11) is 0. The Bertz CT molecular complexity index is 1080. The van der Waals surface area contributed by atoms with Crippen molar-refractivity contribution < 1.29 is 29.6 Å². The normalized spacial score (nSPS) is 29.5. The van der Waals surface area contributed by atoms with Crippen LogP contribution in [0.2, 0.25) is 0 Å². The lowest BCUT2D eigenvalue weighted by Gasteiger charge is -2.48. The summed E-state index contributed by atoms with van der Waals surface area (Å²) in [6, 6.07) is 2.23. The van der Waals surface area contributed by atoms with Crippen LogP contribution in [-0.4, -0.2) is 38.1 Å². The van der Waals surface area contributed by atoms with Crippen LogP contribution in [0.5, 0.6) is 11.5 Å². The van der Waals surface area contributed by atoms with Gasteiger partial charge in [0.1, 0.15) is 17.1 Å². The van der Waals surface area contributed by atoms with E-state index in [1.807, 2.05) is 20.8 Å². The van der Waals surface area contributed by atoms with Gasteiger partial charge in [0.15, 0.2) is 11.5 Å². The molecule has 6 heteroatoms. The van der Waals surface area contributed by atoms with E-state index in [-0.39, 0.29) is 34.1 Å². The summed E-state index contributed by atoms with van der Waals surface area (Å²) in [6.07, 6.45) is 6.30. The number of phenolic OH excluding ortho intramolecular Hbond substituents is 2. The molecule has 3 N–H and O–H groups in total. The summed E-state index contributed by atoms with van der Waals surface area (Å²) < 4.78 is 6.31. The number of carbonyl (C=O) groups is 2. The Kier molecular flexibility index (Phi) is 4.89. The number of phenols is 2. The van der Waals surface area contributed by atoms with Crippen LogP contribution >= 0.6 is 0 Å². The van der Waals surface area contributed by atoms with Gasteiger partial charge in [-0.2, -0.15) is 0 Å². The molecule has 0 amide bonds. The molecule has 3 aliphatic rings. The first-order chi connectivity index (χ1) is 14.4. The van der Waals surface area contributed by atoms with E-state index in [9.17, 15) is 24.9 Å². The number of carbonyl (C=O) groups excluding carboxylic acids is 2. The highest BCUT2D eigenvalue weighted by atomic mass is 16.5. The molecular formula is C25H28O6. The third-order valence-electron chi connectivity index (χ3n) is 6.57. The van der Waals surface area contributed by atoms with E-state index in [2.05, 4.69) is 6.08 Å². The molecule has 1 aromatic rings. The lowest BCUT2D eigenvalue weighted by atomic mass is 9.65. The zero-order valence-electron chi connectivity index (χ0n) is 18.3. The minimum atomic E-state index is -1.10. The molecule has 1 aromatic carbocycles. The van der Waals surface area contributed by atoms with Gasteiger partial charge < -0.3 is 20.1 Å². The zero-order valence-corrected chi connectivity index (χ0v) is 18.3. The van der Waals surface area contributed by atoms with Gasteiger partial charge in [-0.3, -0.25) is 9.59 Å². The van der Waals surface area contributed by atoms with Crippen molar-refractivity contribution in [2.24, 2.45) is 5.92 Å². The van der Waals surface area contributed by atoms with E-state index in [1.165, 1.54) is 11.6 Å². The van der Waals surface area contributed by atoms with Crippen molar-refractivity contribution in [3.8, 4) is 11.5 Å². The molecule has 0 unspecified atom stereocenters. The number of ether oxygens (including phenoxy) is 1. The largest absolute Gasteiger partial charge is 0.508 e. The Morgan fingerprint density at radius 3 is 2.58 bits per heavy atom. The van der Waals surface area contributed by atoms with Gasteiger partial charge in [0.05, 0.1) is 16.7 Å². The Hall–Kier alpha value is -2.86. The minimum Gasteiger partial charge on any atom is -0.508 e. The summed E-state index contributed by atoms with van der Waals surface area (Å²) >= 11 is 0. The van der Waals surface area contributed by atoms with E-state index in [4.69, 9.17) is 4.74 Å². The molecule has 1 heterocycles. The first-order valence-corrected chi connectivity index (χ1v) is 10.6. The number of allylic oxidation sites excluding steroid dienone is 4. The molecule has 31 heavy (non-hydrogen) atoms. The summed E-state index contributed by atoms with van der Waals surface area (Å²) in [4.78, 5) is 26.8. The van der Waals surface area contributed by atoms with E-state index < -0.39 is 28.5 Å². The molecular weight excluding hydrogens is 396 g/mol. The number of benzene rings is 1. The number of rotatable bonds is 3. The molecule has 6 nitrogen and oxygen atoms in total. The van der Waals surface area contributed by atoms with E-state index >= 15 is 0 Å². The van der Waals surface area contributed by atoms with Gasteiger partial charge >= 0.3 is 0 Å². The van der Waals surface area contributed by atoms with Gasteiger partial charge in [0.2, 0.25) is 5.78 Å². The second-order valence-corrected chi connectivity index (χ2v) is 9.53. The Balaban J connectivity index is 1.90. The highest BCUT2D eigenvalue weighted by Gasteiger charge is 2.52. The minimum absolute atomic E-state index is 0.0529. The number of hydrogen-bond acceptors (Lipinski definition) is 6. The second-order valence-electron chi connectivity index (χ2n) is 9.53. The van der Waals surface area contributed by atoms with Crippen molar-refractivity contribution in [2.75, 3.05) is 0 Å². The van der Waals surface area contributed by atoms with Gasteiger partial charge in [0, 0.05) is 17.5 Å². The lowest BCUT2D eigenvalue weighted by molar-refractivity contribution is -0.0491. The number of ketones is 2. The van der Waals surface area contributed by atoms with Crippen molar-refractivity contribution in [1.29, 1.82) is 0 Å². The Labute approximate surface area is 181 Å². The van der Waals surface area contributed by atoms with E-state index in [1.54, 1.807) is 13.0 Å². The molecule has 0 bridgehead atoms. The quantitative estimate of drug-likeness (QED) is 0.623. The number of hydrogen-bond donors (Lipinski definition) is 3. The molecule has 0 saturated carbocycles. The predicted octanol–water partition coefficient (Wildman–Crippen LogP) is 4.35. The van der Waals surface area contributed by atoms with Crippen molar-refractivity contribution in [2.45, 2.75) is 64.6 Å². The molecule has 0 saturated heterocycles. The summed E-state index contributed by atoms with van der Waals surface area (Å²) in [6.45, 7) is 7.67. The Morgan fingerprint density at radius 1 is 1.19 bits per heavy atom. The fraction of sp³-hybridized carbons (Fsp3) is 0.440. The van der Waals surface area contributed by atoms with Crippen LogP contribution in [0, 0.1) is 5.92 Å². The number of aliphatic hydroxyl groups is 1. The molecule has 1 aliphatic heterocycles.